The van der Waals surface area contributed by atoms with Gasteiger partial charge in [0.15, 0.2) is 0 Å². The molecule has 17 heavy (non-hydrogen) atoms. The van der Waals surface area contributed by atoms with E-state index in [1.54, 1.807) is 6.92 Å². The molecule has 1 atom stereocenters. The molecule has 0 radical (unpaired) electrons. The van der Waals surface area contributed by atoms with Crippen LogP contribution in [0.3, 0.4) is 0 Å². The average Bonchev–Trinajstić information content (AvgIpc) is 2.28. The van der Waals surface area contributed by atoms with Crippen LogP contribution in [0, 0.1) is 5.92 Å². The van der Waals surface area contributed by atoms with E-state index < -0.39 is 11.9 Å². The Labute approximate surface area is 99.2 Å². The Balaban J connectivity index is 2.25. The van der Waals surface area contributed by atoms with Crippen molar-refractivity contribution in [2.45, 2.75) is 13.3 Å². The van der Waals surface area contributed by atoms with E-state index in [-0.39, 0.29) is 18.5 Å². The molecule has 1 fully saturated rings. The molecule has 0 aromatic heterocycles. The van der Waals surface area contributed by atoms with Crippen LogP contribution in [-0.2, 0) is 9.59 Å². The molecule has 1 aliphatic rings. The van der Waals surface area contributed by atoms with Gasteiger partial charge in [-0.2, -0.15) is 0 Å². The number of amides is 3. The van der Waals surface area contributed by atoms with Gasteiger partial charge in [-0.3, -0.25) is 9.59 Å². The van der Waals surface area contributed by atoms with Crippen molar-refractivity contribution in [3.63, 3.8) is 0 Å². The first-order chi connectivity index (χ1) is 8.00. The molecule has 0 bridgehead atoms. The summed E-state index contributed by atoms with van der Waals surface area (Å²) in [7, 11) is 0. The van der Waals surface area contributed by atoms with Gasteiger partial charge in [-0.25, -0.2) is 4.79 Å². The molecule has 0 aliphatic carbocycles. The molecule has 3 amide bonds. The van der Waals surface area contributed by atoms with Gasteiger partial charge in [0.25, 0.3) is 0 Å². The van der Waals surface area contributed by atoms with Crippen molar-refractivity contribution in [3.05, 3.63) is 0 Å². The number of nitrogens with one attached hydrogen (secondary N) is 2. The number of carbonyl (C=O) groups is 3. The van der Waals surface area contributed by atoms with Gasteiger partial charge >= 0.3 is 12.0 Å². The Morgan fingerprint density at radius 2 is 2.29 bits per heavy atom. The Bertz CT molecular complexity index is 319. The van der Waals surface area contributed by atoms with Gasteiger partial charge in [-0.05, 0) is 6.42 Å². The second-order valence-electron chi connectivity index (χ2n) is 4.03. The van der Waals surface area contributed by atoms with Crippen molar-refractivity contribution in [1.29, 1.82) is 0 Å². The maximum absolute atomic E-state index is 11.6. The molecule has 1 aliphatic heterocycles. The topological polar surface area (TPSA) is 98.7 Å². The van der Waals surface area contributed by atoms with Crippen LogP contribution >= 0.6 is 0 Å². The summed E-state index contributed by atoms with van der Waals surface area (Å²) in [6, 6.07) is -0.322. The molecule has 1 rings (SSSR count). The van der Waals surface area contributed by atoms with Crippen molar-refractivity contribution >= 4 is 17.9 Å². The van der Waals surface area contributed by atoms with E-state index in [2.05, 4.69) is 10.6 Å². The number of urea groups is 1. The maximum atomic E-state index is 11.6. The van der Waals surface area contributed by atoms with Gasteiger partial charge in [0, 0.05) is 19.6 Å². The minimum atomic E-state index is -0.878. The van der Waals surface area contributed by atoms with E-state index in [4.69, 9.17) is 5.11 Å². The first-order valence-corrected chi connectivity index (χ1v) is 5.53. The molecule has 0 spiro atoms. The number of rotatable bonds is 4. The highest BCUT2D eigenvalue weighted by molar-refractivity contribution is 5.85. The normalized spacial score (nSPS) is 17.2. The van der Waals surface area contributed by atoms with Crippen LogP contribution in [0.1, 0.15) is 13.3 Å². The van der Waals surface area contributed by atoms with Crippen molar-refractivity contribution < 1.29 is 19.5 Å². The van der Waals surface area contributed by atoms with Crippen molar-refractivity contribution in [1.82, 2.24) is 15.5 Å². The Kier molecular flexibility index (Phi) is 4.74. The molecule has 0 aromatic rings. The second-order valence-corrected chi connectivity index (χ2v) is 4.03. The highest BCUT2D eigenvalue weighted by Gasteiger charge is 2.20. The molecule has 1 unspecified atom stereocenters. The first-order valence-electron chi connectivity index (χ1n) is 5.53. The second kappa shape index (κ2) is 6.07. The summed E-state index contributed by atoms with van der Waals surface area (Å²) in [5, 5.41) is 13.9. The van der Waals surface area contributed by atoms with E-state index in [0.29, 0.717) is 26.1 Å². The molecular formula is C10H17N3O4. The summed E-state index contributed by atoms with van der Waals surface area (Å²) in [5.41, 5.74) is 0. The molecule has 7 heteroatoms. The molecule has 1 saturated heterocycles. The Morgan fingerprint density at radius 3 is 2.88 bits per heavy atom. The van der Waals surface area contributed by atoms with E-state index in [0.717, 1.165) is 0 Å². The predicted molar refractivity (Wildman–Crippen MR) is 59.4 cm³/mol. The van der Waals surface area contributed by atoms with Gasteiger partial charge in [-0.1, -0.05) is 6.92 Å². The standard InChI is InChI=1S/C10H17N3O4/c1-7(9(15)16)2-3-12-10(17)13-5-4-11-8(14)6-13/h7H,2-6H2,1H3,(H,11,14)(H,12,17)(H,15,16). The largest absolute Gasteiger partial charge is 0.481 e. The first kappa shape index (κ1) is 13.3. The van der Waals surface area contributed by atoms with Gasteiger partial charge in [0.2, 0.25) is 5.91 Å². The Hall–Kier alpha value is -1.79. The van der Waals surface area contributed by atoms with Gasteiger partial charge < -0.3 is 20.6 Å². The zero-order chi connectivity index (χ0) is 12.8. The third kappa shape index (κ3) is 4.29. The maximum Gasteiger partial charge on any atom is 0.317 e. The highest BCUT2D eigenvalue weighted by Crippen LogP contribution is 2.00. The van der Waals surface area contributed by atoms with E-state index in [9.17, 15) is 14.4 Å². The number of carboxylic acid groups (broad SMARTS) is 1. The molecule has 96 valence electrons. The van der Waals surface area contributed by atoms with Crippen LogP contribution in [0.15, 0.2) is 0 Å². The van der Waals surface area contributed by atoms with E-state index in [1.807, 2.05) is 0 Å². The van der Waals surface area contributed by atoms with Crippen molar-refractivity contribution in [2.75, 3.05) is 26.2 Å². The molecule has 1 heterocycles. The number of hydrogen-bond donors (Lipinski definition) is 3. The van der Waals surface area contributed by atoms with Crippen LogP contribution in [-0.4, -0.2) is 54.1 Å². The molecule has 0 saturated carbocycles. The van der Waals surface area contributed by atoms with Crippen LogP contribution in [0.25, 0.3) is 0 Å². The monoisotopic (exact) mass is 243 g/mol. The lowest BCUT2D eigenvalue weighted by molar-refractivity contribution is -0.141. The molecule has 0 aromatic carbocycles. The number of aliphatic carboxylic acids is 1. The fraction of sp³-hybridized carbons (Fsp3) is 0.700. The summed E-state index contributed by atoms with van der Waals surface area (Å²) < 4.78 is 0. The van der Waals surface area contributed by atoms with Crippen LogP contribution in [0.2, 0.25) is 0 Å². The Morgan fingerprint density at radius 1 is 1.59 bits per heavy atom. The quantitative estimate of drug-likeness (QED) is 0.604. The molecule has 3 N–H and O–H groups in total. The zero-order valence-corrected chi connectivity index (χ0v) is 9.73. The van der Waals surface area contributed by atoms with Crippen molar-refractivity contribution in [2.24, 2.45) is 5.92 Å². The van der Waals surface area contributed by atoms with Gasteiger partial charge in [0.05, 0.1) is 5.92 Å². The third-order valence-electron chi connectivity index (χ3n) is 2.60. The summed E-state index contributed by atoms with van der Waals surface area (Å²) in [6.45, 7) is 2.87. The van der Waals surface area contributed by atoms with Gasteiger partial charge in [0.1, 0.15) is 6.54 Å². The predicted octanol–water partition coefficient (Wildman–Crippen LogP) is -0.761. The number of carbonyl (C=O) groups excluding carboxylic acids is 2. The van der Waals surface area contributed by atoms with Crippen molar-refractivity contribution in [3.8, 4) is 0 Å². The number of piperazine rings is 1. The minimum absolute atomic E-state index is 0.0559. The SMILES string of the molecule is CC(CCNC(=O)N1CCNC(=O)C1)C(=O)O. The van der Waals surface area contributed by atoms with Crippen LogP contribution in [0.5, 0.6) is 0 Å². The van der Waals surface area contributed by atoms with Crippen LogP contribution < -0.4 is 10.6 Å². The molecule has 7 nitrogen and oxygen atoms in total. The van der Waals surface area contributed by atoms with Crippen LogP contribution in [0.4, 0.5) is 4.79 Å². The highest BCUT2D eigenvalue weighted by atomic mass is 16.4. The lowest BCUT2D eigenvalue weighted by Gasteiger charge is -2.26. The van der Waals surface area contributed by atoms with E-state index in [1.165, 1.54) is 4.90 Å². The summed E-state index contributed by atoms with van der Waals surface area (Å²) in [4.78, 5) is 34.6. The lowest BCUT2D eigenvalue weighted by Crippen LogP contribution is -2.53. The minimum Gasteiger partial charge on any atom is -0.481 e. The summed E-state index contributed by atoms with van der Waals surface area (Å²) in [6.07, 6.45) is 0.376. The fourth-order valence-corrected chi connectivity index (χ4v) is 1.44. The van der Waals surface area contributed by atoms with E-state index >= 15 is 0 Å². The number of carboxylic acids is 1. The number of nitrogens with zero attached hydrogens (tertiary/aromatic N) is 1. The average molecular weight is 243 g/mol. The smallest absolute Gasteiger partial charge is 0.317 e. The number of hydrogen-bond acceptors (Lipinski definition) is 3. The third-order valence-corrected chi connectivity index (χ3v) is 2.60. The molecular weight excluding hydrogens is 226 g/mol. The summed E-state index contributed by atoms with van der Waals surface area (Å²) in [5.74, 6) is -1.54. The fourth-order valence-electron chi connectivity index (χ4n) is 1.44. The van der Waals surface area contributed by atoms with Gasteiger partial charge in [-0.15, -0.1) is 0 Å². The summed E-state index contributed by atoms with van der Waals surface area (Å²) >= 11 is 0. The lowest BCUT2D eigenvalue weighted by atomic mass is 10.1. The zero-order valence-electron chi connectivity index (χ0n) is 9.73.